The van der Waals surface area contributed by atoms with E-state index in [1.807, 2.05) is 6.92 Å². The molecule has 0 unspecified atom stereocenters. The van der Waals surface area contributed by atoms with Crippen molar-refractivity contribution < 1.29 is 13.2 Å². The predicted octanol–water partition coefficient (Wildman–Crippen LogP) is 1.68. The zero-order chi connectivity index (χ0) is 13.1. The van der Waals surface area contributed by atoms with Crippen molar-refractivity contribution in [2.75, 3.05) is 18.1 Å². The summed E-state index contributed by atoms with van der Waals surface area (Å²) in [5, 5.41) is 0. The molecule has 0 heterocycles. The molecule has 0 saturated carbocycles. The van der Waals surface area contributed by atoms with Gasteiger partial charge in [0, 0.05) is 18.6 Å². The van der Waals surface area contributed by atoms with Crippen molar-refractivity contribution in [3.8, 4) is 0 Å². The maximum Gasteiger partial charge on any atom is 0.150 e. The van der Waals surface area contributed by atoms with Crippen molar-refractivity contribution in [2.45, 2.75) is 51.9 Å². The summed E-state index contributed by atoms with van der Waals surface area (Å²) in [7, 11) is -3.00. The van der Waals surface area contributed by atoms with E-state index in [0.717, 1.165) is 25.7 Å². The molecule has 0 aromatic carbocycles. The van der Waals surface area contributed by atoms with Crippen molar-refractivity contribution >= 4 is 15.6 Å². The summed E-state index contributed by atoms with van der Waals surface area (Å²) >= 11 is 0. The molecule has 0 radical (unpaired) electrons. The lowest BCUT2D eigenvalue weighted by atomic mass is 10.1. The van der Waals surface area contributed by atoms with Gasteiger partial charge >= 0.3 is 0 Å². The number of carbonyl (C=O) groups is 1. The van der Waals surface area contributed by atoms with Gasteiger partial charge in [-0.05, 0) is 25.8 Å². The quantitative estimate of drug-likeness (QED) is 0.575. The summed E-state index contributed by atoms with van der Waals surface area (Å²) in [6, 6.07) is 0. The Balaban J connectivity index is 3.59. The Morgan fingerprint density at radius 2 is 1.65 bits per heavy atom. The number of unbranched alkanes of at least 4 members (excludes halogenated alkanes) is 3. The minimum absolute atomic E-state index is 0.0163. The standard InChI is InChI=1S/C12H25NO3S/c1-2-10-17(15,16)11-8-12(14)7-5-3-4-6-9-13/h2-11,13H2,1H3. The average Bonchev–Trinajstić information content (AvgIpc) is 2.26. The molecular formula is C12H25NO3S. The van der Waals surface area contributed by atoms with E-state index >= 15 is 0 Å². The van der Waals surface area contributed by atoms with Crippen LogP contribution in [0.5, 0.6) is 0 Å². The lowest BCUT2D eigenvalue weighted by molar-refractivity contribution is -0.118. The normalized spacial score (nSPS) is 11.6. The lowest BCUT2D eigenvalue weighted by Gasteiger charge is -2.02. The SMILES string of the molecule is CCCS(=O)(=O)CCC(=O)CCCCCCN. The van der Waals surface area contributed by atoms with Gasteiger partial charge in [-0.1, -0.05) is 19.8 Å². The summed E-state index contributed by atoms with van der Waals surface area (Å²) in [6.45, 7) is 2.53. The zero-order valence-electron chi connectivity index (χ0n) is 10.8. The Kier molecular flexibility index (Phi) is 9.36. The molecule has 0 aromatic heterocycles. The lowest BCUT2D eigenvalue weighted by Crippen LogP contribution is -2.14. The fraction of sp³-hybridized carbons (Fsp3) is 0.917. The third-order valence-corrected chi connectivity index (χ3v) is 4.47. The second kappa shape index (κ2) is 9.59. The largest absolute Gasteiger partial charge is 0.330 e. The van der Waals surface area contributed by atoms with Crippen LogP contribution in [-0.4, -0.2) is 32.3 Å². The van der Waals surface area contributed by atoms with E-state index in [1.54, 1.807) is 0 Å². The molecule has 2 N–H and O–H groups in total. The second-order valence-corrected chi connectivity index (χ2v) is 6.70. The summed E-state index contributed by atoms with van der Waals surface area (Å²) in [5.41, 5.74) is 5.36. The molecule has 0 spiro atoms. The molecule has 0 saturated heterocycles. The van der Waals surface area contributed by atoms with Gasteiger partial charge in [0.2, 0.25) is 0 Å². The average molecular weight is 263 g/mol. The van der Waals surface area contributed by atoms with Crippen molar-refractivity contribution in [3.05, 3.63) is 0 Å². The highest BCUT2D eigenvalue weighted by atomic mass is 32.2. The number of nitrogens with two attached hydrogens (primary N) is 1. The number of sulfone groups is 1. The van der Waals surface area contributed by atoms with Gasteiger partial charge in [0.1, 0.15) is 5.78 Å². The third kappa shape index (κ3) is 10.5. The molecule has 0 rings (SSSR count). The maximum absolute atomic E-state index is 11.4. The Labute approximate surface area is 105 Å². The highest BCUT2D eigenvalue weighted by Crippen LogP contribution is 2.06. The molecule has 0 aromatic rings. The highest BCUT2D eigenvalue weighted by molar-refractivity contribution is 7.91. The van der Waals surface area contributed by atoms with Crippen LogP contribution in [0.3, 0.4) is 0 Å². The first-order chi connectivity index (χ1) is 8.02. The summed E-state index contributed by atoms with van der Waals surface area (Å²) in [5.74, 6) is 0.275. The van der Waals surface area contributed by atoms with Crippen LogP contribution in [0.2, 0.25) is 0 Å². The molecule has 17 heavy (non-hydrogen) atoms. The number of carbonyl (C=O) groups excluding carboxylic acids is 1. The first kappa shape index (κ1) is 16.6. The van der Waals surface area contributed by atoms with Crippen LogP contribution in [-0.2, 0) is 14.6 Å². The Bertz CT molecular complexity index is 299. The van der Waals surface area contributed by atoms with Crippen LogP contribution in [0.15, 0.2) is 0 Å². The van der Waals surface area contributed by atoms with E-state index in [4.69, 9.17) is 5.73 Å². The van der Waals surface area contributed by atoms with E-state index in [9.17, 15) is 13.2 Å². The molecule has 0 aliphatic rings. The summed E-state index contributed by atoms with van der Waals surface area (Å²) in [6.07, 6.45) is 5.22. The van der Waals surface area contributed by atoms with Crippen LogP contribution in [0.1, 0.15) is 51.9 Å². The first-order valence-corrected chi connectivity index (χ1v) is 8.26. The highest BCUT2D eigenvalue weighted by Gasteiger charge is 2.12. The molecule has 0 amide bonds. The van der Waals surface area contributed by atoms with Gasteiger partial charge in [-0.3, -0.25) is 4.79 Å². The Morgan fingerprint density at radius 3 is 2.24 bits per heavy atom. The van der Waals surface area contributed by atoms with Crippen LogP contribution in [0, 0.1) is 0 Å². The molecule has 0 aliphatic heterocycles. The van der Waals surface area contributed by atoms with Crippen molar-refractivity contribution in [2.24, 2.45) is 5.73 Å². The topological polar surface area (TPSA) is 77.2 Å². The van der Waals surface area contributed by atoms with Crippen molar-refractivity contribution in [3.63, 3.8) is 0 Å². The van der Waals surface area contributed by atoms with Gasteiger partial charge in [-0.25, -0.2) is 8.42 Å². The summed E-state index contributed by atoms with van der Waals surface area (Å²) in [4.78, 5) is 11.4. The molecule has 102 valence electrons. The number of ketones is 1. The smallest absolute Gasteiger partial charge is 0.150 e. The van der Waals surface area contributed by atoms with Crippen molar-refractivity contribution in [1.82, 2.24) is 0 Å². The van der Waals surface area contributed by atoms with E-state index < -0.39 is 9.84 Å². The fourth-order valence-electron chi connectivity index (χ4n) is 1.63. The van der Waals surface area contributed by atoms with Crippen LogP contribution >= 0.6 is 0 Å². The molecule has 0 fully saturated rings. The Morgan fingerprint density at radius 1 is 1.00 bits per heavy atom. The van der Waals surface area contributed by atoms with Gasteiger partial charge < -0.3 is 5.73 Å². The number of hydrogen-bond donors (Lipinski definition) is 1. The number of rotatable bonds is 11. The summed E-state index contributed by atoms with van der Waals surface area (Å²) < 4.78 is 22.8. The molecule has 0 aliphatic carbocycles. The number of hydrogen-bond acceptors (Lipinski definition) is 4. The van der Waals surface area contributed by atoms with Gasteiger partial charge in [0.25, 0.3) is 0 Å². The minimum atomic E-state index is -3.00. The maximum atomic E-state index is 11.4. The van der Waals surface area contributed by atoms with E-state index in [0.29, 0.717) is 19.4 Å². The zero-order valence-corrected chi connectivity index (χ0v) is 11.6. The van der Waals surface area contributed by atoms with Gasteiger partial charge in [0.05, 0.1) is 5.75 Å². The van der Waals surface area contributed by atoms with E-state index in [-0.39, 0.29) is 23.7 Å². The third-order valence-electron chi connectivity index (χ3n) is 2.62. The van der Waals surface area contributed by atoms with Gasteiger partial charge in [0.15, 0.2) is 9.84 Å². The Hall–Kier alpha value is -0.420. The van der Waals surface area contributed by atoms with Crippen LogP contribution in [0.4, 0.5) is 0 Å². The minimum Gasteiger partial charge on any atom is -0.330 e. The molecular weight excluding hydrogens is 238 g/mol. The first-order valence-electron chi connectivity index (χ1n) is 6.44. The van der Waals surface area contributed by atoms with Crippen LogP contribution in [0.25, 0.3) is 0 Å². The van der Waals surface area contributed by atoms with Gasteiger partial charge in [-0.2, -0.15) is 0 Å². The van der Waals surface area contributed by atoms with Gasteiger partial charge in [-0.15, -0.1) is 0 Å². The van der Waals surface area contributed by atoms with E-state index in [1.165, 1.54) is 0 Å². The fourth-order valence-corrected chi connectivity index (χ4v) is 2.99. The molecule has 4 nitrogen and oxygen atoms in total. The monoisotopic (exact) mass is 263 g/mol. The van der Waals surface area contributed by atoms with Crippen LogP contribution < -0.4 is 5.73 Å². The number of Topliss-reactive ketones (excluding diaryl/α,β-unsaturated/α-hetero) is 1. The second-order valence-electron chi connectivity index (χ2n) is 4.39. The molecule has 0 bridgehead atoms. The molecule has 5 heteroatoms. The predicted molar refractivity (Wildman–Crippen MR) is 70.7 cm³/mol. The van der Waals surface area contributed by atoms with Crippen molar-refractivity contribution in [1.29, 1.82) is 0 Å². The molecule has 0 atom stereocenters. The van der Waals surface area contributed by atoms with E-state index in [2.05, 4.69) is 0 Å².